The van der Waals surface area contributed by atoms with Crippen LogP contribution in [-0.4, -0.2) is 9.97 Å². The van der Waals surface area contributed by atoms with E-state index in [1.807, 2.05) is 0 Å². The summed E-state index contributed by atoms with van der Waals surface area (Å²) in [5.41, 5.74) is 8.63. The zero-order valence-electron chi connectivity index (χ0n) is 10.2. The zero-order valence-corrected chi connectivity index (χ0v) is 11.0. The molecule has 1 aliphatic rings. The van der Waals surface area contributed by atoms with Gasteiger partial charge in [0.15, 0.2) is 5.82 Å². The van der Waals surface area contributed by atoms with Crippen molar-refractivity contribution in [1.29, 1.82) is 0 Å². The summed E-state index contributed by atoms with van der Waals surface area (Å²) >= 11 is 5.67. The van der Waals surface area contributed by atoms with E-state index in [1.54, 1.807) is 12.3 Å². The van der Waals surface area contributed by atoms with E-state index in [-0.39, 0.29) is 11.1 Å². The van der Waals surface area contributed by atoms with Gasteiger partial charge in [-0.25, -0.2) is 14.4 Å². The van der Waals surface area contributed by atoms with E-state index in [0.29, 0.717) is 11.4 Å². The Labute approximate surface area is 115 Å². The first kappa shape index (κ1) is 12.5. The smallest absolute Gasteiger partial charge is 0.159 e. The standard InChI is InChI=1S/C14H13ClFN3/c15-10-5-4-8(6-11(10)16)14-18-7-9-12(17)2-1-3-13(9)19-14/h4-7,12H,1-3,17H2. The molecule has 2 N–H and O–H groups in total. The van der Waals surface area contributed by atoms with Gasteiger partial charge in [0.25, 0.3) is 0 Å². The van der Waals surface area contributed by atoms with E-state index in [2.05, 4.69) is 9.97 Å². The summed E-state index contributed by atoms with van der Waals surface area (Å²) in [4.78, 5) is 8.79. The van der Waals surface area contributed by atoms with Crippen LogP contribution in [0.1, 0.15) is 30.1 Å². The number of nitrogens with zero attached hydrogens (tertiary/aromatic N) is 2. The van der Waals surface area contributed by atoms with Crippen LogP contribution in [0.3, 0.4) is 0 Å². The van der Waals surface area contributed by atoms with Crippen LogP contribution in [0.25, 0.3) is 11.4 Å². The van der Waals surface area contributed by atoms with Crippen molar-refractivity contribution >= 4 is 11.6 Å². The molecule has 0 spiro atoms. The Morgan fingerprint density at radius 3 is 3.00 bits per heavy atom. The maximum Gasteiger partial charge on any atom is 0.159 e. The number of halogens is 2. The highest BCUT2D eigenvalue weighted by Crippen LogP contribution is 2.28. The van der Waals surface area contributed by atoms with Crippen molar-refractivity contribution in [3.63, 3.8) is 0 Å². The van der Waals surface area contributed by atoms with Crippen LogP contribution in [0.15, 0.2) is 24.4 Å². The van der Waals surface area contributed by atoms with Gasteiger partial charge in [-0.1, -0.05) is 11.6 Å². The number of hydrogen-bond acceptors (Lipinski definition) is 3. The van der Waals surface area contributed by atoms with Gasteiger partial charge in [-0.15, -0.1) is 0 Å². The molecule has 1 aliphatic carbocycles. The largest absolute Gasteiger partial charge is 0.324 e. The van der Waals surface area contributed by atoms with Crippen LogP contribution in [0.4, 0.5) is 4.39 Å². The van der Waals surface area contributed by atoms with Gasteiger partial charge in [-0.3, -0.25) is 0 Å². The van der Waals surface area contributed by atoms with Gasteiger partial charge in [0.05, 0.1) is 5.02 Å². The summed E-state index contributed by atoms with van der Waals surface area (Å²) in [5.74, 6) is 0.0561. The molecule has 1 atom stereocenters. The van der Waals surface area contributed by atoms with E-state index >= 15 is 0 Å². The van der Waals surface area contributed by atoms with Gasteiger partial charge < -0.3 is 5.73 Å². The van der Waals surface area contributed by atoms with Crippen LogP contribution < -0.4 is 5.73 Å². The molecule has 5 heteroatoms. The number of nitrogens with two attached hydrogens (primary N) is 1. The van der Waals surface area contributed by atoms with E-state index in [9.17, 15) is 4.39 Å². The van der Waals surface area contributed by atoms with E-state index < -0.39 is 5.82 Å². The van der Waals surface area contributed by atoms with E-state index in [1.165, 1.54) is 12.1 Å². The van der Waals surface area contributed by atoms with Crippen LogP contribution in [0.2, 0.25) is 5.02 Å². The summed E-state index contributed by atoms with van der Waals surface area (Å²) in [6.07, 6.45) is 4.65. The molecule has 3 rings (SSSR count). The third-order valence-electron chi connectivity index (χ3n) is 3.41. The summed E-state index contributed by atoms with van der Waals surface area (Å²) in [6.45, 7) is 0. The second-order valence-electron chi connectivity index (χ2n) is 4.72. The van der Waals surface area contributed by atoms with Crippen molar-refractivity contribution < 1.29 is 4.39 Å². The molecule has 0 radical (unpaired) electrons. The van der Waals surface area contributed by atoms with Crippen LogP contribution in [0, 0.1) is 5.82 Å². The third-order valence-corrected chi connectivity index (χ3v) is 3.71. The fourth-order valence-electron chi connectivity index (χ4n) is 2.36. The Hall–Kier alpha value is -1.52. The monoisotopic (exact) mass is 277 g/mol. The minimum Gasteiger partial charge on any atom is -0.324 e. The first-order valence-electron chi connectivity index (χ1n) is 6.22. The number of aromatic nitrogens is 2. The Kier molecular flexibility index (Phi) is 3.21. The predicted molar refractivity (Wildman–Crippen MR) is 72.3 cm³/mol. The highest BCUT2D eigenvalue weighted by Gasteiger charge is 2.19. The fraction of sp³-hybridized carbons (Fsp3) is 0.286. The lowest BCUT2D eigenvalue weighted by Gasteiger charge is -2.21. The molecule has 1 aromatic carbocycles. The molecule has 0 amide bonds. The quantitative estimate of drug-likeness (QED) is 0.870. The van der Waals surface area contributed by atoms with Crippen LogP contribution >= 0.6 is 11.6 Å². The lowest BCUT2D eigenvalue weighted by Crippen LogP contribution is -2.19. The molecular formula is C14H13ClFN3. The van der Waals surface area contributed by atoms with Crippen LogP contribution in [0.5, 0.6) is 0 Å². The molecule has 19 heavy (non-hydrogen) atoms. The summed E-state index contributed by atoms with van der Waals surface area (Å²) < 4.78 is 13.5. The maximum absolute atomic E-state index is 13.5. The van der Waals surface area contributed by atoms with Gasteiger partial charge in [0.1, 0.15) is 5.82 Å². The SMILES string of the molecule is NC1CCCc2nc(-c3ccc(Cl)c(F)c3)ncc21. The van der Waals surface area contributed by atoms with Gasteiger partial charge in [-0.05, 0) is 37.5 Å². The topological polar surface area (TPSA) is 51.8 Å². The summed E-state index contributed by atoms with van der Waals surface area (Å²) in [6, 6.07) is 4.60. The lowest BCUT2D eigenvalue weighted by molar-refractivity contribution is 0.557. The van der Waals surface area contributed by atoms with Crippen molar-refractivity contribution in [2.45, 2.75) is 25.3 Å². The first-order valence-corrected chi connectivity index (χ1v) is 6.60. The van der Waals surface area contributed by atoms with Gasteiger partial charge in [-0.2, -0.15) is 0 Å². The average molecular weight is 278 g/mol. The highest BCUT2D eigenvalue weighted by atomic mass is 35.5. The summed E-state index contributed by atoms with van der Waals surface area (Å²) in [5, 5.41) is 0.101. The molecule has 1 unspecified atom stereocenters. The first-order chi connectivity index (χ1) is 9.15. The number of hydrogen-bond donors (Lipinski definition) is 1. The van der Waals surface area contributed by atoms with Gasteiger partial charge in [0.2, 0.25) is 0 Å². The Balaban J connectivity index is 2.04. The number of fused-ring (bicyclic) bond motifs is 1. The second kappa shape index (κ2) is 4.87. The number of aryl methyl sites for hydroxylation is 1. The van der Waals surface area contributed by atoms with E-state index in [4.69, 9.17) is 17.3 Å². The zero-order chi connectivity index (χ0) is 13.4. The minimum absolute atomic E-state index is 0.0137. The Morgan fingerprint density at radius 2 is 2.21 bits per heavy atom. The molecule has 3 nitrogen and oxygen atoms in total. The minimum atomic E-state index is -0.461. The van der Waals surface area contributed by atoms with Crippen LogP contribution in [-0.2, 0) is 6.42 Å². The summed E-state index contributed by atoms with van der Waals surface area (Å²) in [7, 11) is 0. The molecular weight excluding hydrogens is 265 g/mol. The van der Waals surface area contributed by atoms with Gasteiger partial charge in [0, 0.05) is 29.1 Å². The highest BCUT2D eigenvalue weighted by molar-refractivity contribution is 6.30. The van der Waals surface area contributed by atoms with Crippen molar-refractivity contribution in [3.05, 3.63) is 46.5 Å². The number of benzene rings is 1. The number of rotatable bonds is 1. The molecule has 0 aliphatic heterocycles. The van der Waals surface area contributed by atoms with Gasteiger partial charge >= 0.3 is 0 Å². The van der Waals surface area contributed by atoms with Crippen molar-refractivity contribution in [3.8, 4) is 11.4 Å². The lowest BCUT2D eigenvalue weighted by atomic mass is 9.93. The Bertz CT molecular complexity index is 630. The average Bonchev–Trinajstić information content (AvgIpc) is 2.42. The molecule has 1 heterocycles. The van der Waals surface area contributed by atoms with Crippen molar-refractivity contribution in [1.82, 2.24) is 9.97 Å². The molecule has 2 aromatic rings. The third kappa shape index (κ3) is 2.33. The normalized spacial score (nSPS) is 18.2. The molecule has 0 saturated heterocycles. The second-order valence-corrected chi connectivity index (χ2v) is 5.13. The van der Waals surface area contributed by atoms with E-state index in [0.717, 1.165) is 30.5 Å². The van der Waals surface area contributed by atoms with Crippen molar-refractivity contribution in [2.24, 2.45) is 5.73 Å². The molecule has 0 bridgehead atoms. The molecule has 0 fully saturated rings. The molecule has 98 valence electrons. The Morgan fingerprint density at radius 1 is 1.37 bits per heavy atom. The molecule has 0 saturated carbocycles. The predicted octanol–water partition coefficient (Wildman–Crippen LogP) is 3.27. The fourth-order valence-corrected chi connectivity index (χ4v) is 2.47. The maximum atomic E-state index is 13.5. The molecule has 1 aromatic heterocycles. The van der Waals surface area contributed by atoms with Crippen molar-refractivity contribution in [2.75, 3.05) is 0 Å².